The number of halogens is 1. The van der Waals surface area contributed by atoms with Crippen LogP contribution < -0.4 is 4.90 Å². The number of nitriles is 1. The van der Waals surface area contributed by atoms with Gasteiger partial charge in [0.2, 0.25) is 5.91 Å². The van der Waals surface area contributed by atoms with Crippen LogP contribution in [-0.4, -0.2) is 69.5 Å². The van der Waals surface area contributed by atoms with Gasteiger partial charge in [0.1, 0.15) is 24.0 Å². The van der Waals surface area contributed by atoms with Crippen molar-refractivity contribution in [1.82, 2.24) is 14.8 Å². The molecule has 2 atom stereocenters. The normalized spacial score (nSPS) is 21.8. The molecule has 2 aliphatic heterocycles. The van der Waals surface area contributed by atoms with E-state index in [9.17, 15) is 14.7 Å². The summed E-state index contributed by atoms with van der Waals surface area (Å²) in [7, 11) is 0. The predicted molar refractivity (Wildman–Crippen MR) is 123 cm³/mol. The van der Waals surface area contributed by atoms with Crippen LogP contribution in [0.1, 0.15) is 37.4 Å². The van der Waals surface area contributed by atoms with Crippen molar-refractivity contribution in [2.24, 2.45) is 0 Å². The Labute approximate surface area is 198 Å². The van der Waals surface area contributed by atoms with E-state index in [1.165, 1.54) is 6.20 Å². The van der Waals surface area contributed by atoms with E-state index in [1.807, 2.05) is 18.7 Å². The van der Waals surface area contributed by atoms with Crippen molar-refractivity contribution in [2.45, 2.75) is 37.9 Å². The van der Waals surface area contributed by atoms with Gasteiger partial charge >= 0.3 is 0 Å². The number of carbonyl (C=O) groups is 2. The molecular weight excluding hydrogens is 442 g/mol. The lowest BCUT2D eigenvalue weighted by molar-refractivity contribution is -0.170. The second kappa shape index (κ2) is 9.00. The summed E-state index contributed by atoms with van der Waals surface area (Å²) in [5, 5.41) is 20.0. The van der Waals surface area contributed by atoms with Crippen molar-refractivity contribution >= 4 is 29.2 Å². The van der Waals surface area contributed by atoms with Gasteiger partial charge in [-0.3, -0.25) is 9.59 Å². The zero-order valence-electron chi connectivity index (χ0n) is 18.6. The molecule has 2 saturated heterocycles. The first-order valence-corrected chi connectivity index (χ1v) is 11.3. The molecular formula is C24H26ClN5O3. The van der Waals surface area contributed by atoms with Crippen LogP contribution in [0.25, 0.3) is 0 Å². The van der Waals surface area contributed by atoms with Crippen LogP contribution in [0.15, 0.2) is 42.6 Å². The van der Waals surface area contributed by atoms with Gasteiger partial charge < -0.3 is 19.8 Å². The molecule has 0 radical (unpaired) electrons. The molecule has 2 amide bonds. The van der Waals surface area contributed by atoms with Crippen molar-refractivity contribution in [3.63, 3.8) is 0 Å². The lowest BCUT2D eigenvalue weighted by atomic mass is 9.87. The Morgan fingerprint density at radius 2 is 1.94 bits per heavy atom. The van der Waals surface area contributed by atoms with Gasteiger partial charge in [0.15, 0.2) is 0 Å². The fourth-order valence-corrected chi connectivity index (χ4v) is 4.94. The maximum atomic E-state index is 13.9. The summed E-state index contributed by atoms with van der Waals surface area (Å²) >= 11 is 6.04. The smallest absolute Gasteiger partial charge is 0.251 e. The minimum Gasteiger partial charge on any atom is -0.394 e. The number of hydrogen-bond donors (Lipinski definition) is 1. The van der Waals surface area contributed by atoms with Crippen molar-refractivity contribution in [1.29, 1.82) is 5.26 Å². The molecule has 172 valence electrons. The molecule has 1 aromatic heterocycles. The van der Waals surface area contributed by atoms with Crippen molar-refractivity contribution < 1.29 is 14.7 Å². The Morgan fingerprint density at radius 1 is 1.21 bits per heavy atom. The standard InChI is InChI=1S/C24H26ClN5O3/c1-16(2)29-13-22(32)30(20(14-31)18-4-6-19(25)7-5-18)24(23(29)33)9-10-28(15-24)21-8-3-17(11-26)12-27-21/h3-8,12,16,20,31H,9-10,13-15H2,1-2H3/t20-,24+/m0/s1. The number of amides is 2. The minimum absolute atomic E-state index is 0.0303. The van der Waals surface area contributed by atoms with Gasteiger partial charge in [-0.2, -0.15) is 5.26 Å². The number of piperazine rings is 1. The number of pyridine rings is 1. The highest BCUT2D eigenvalue weighted by Gasteiger charge is 2.58. The molecule has 0 bridgehead atoms. The highest BCUT2D eigenvalue weighted by atomic mass is 35.5. The lowest BCUT2D eigenvalue weighted by Gasteiger charge is -2.51. The maximum absolute atomic E-state index is 13.9. The monoisotopic (exact) mass is 467 g/mol. The summed E-state index contributed by atoms with van der Waals surface area (Å²) in [6.07, 6.45) is 1.91. The summed E-state index contributed by atoms with van der Waals surface area (Å²) in [4.78, 5) is 36.9. The van der Waals surface area contributed by atoms with Gasteiger partial charge in [-0.1, -0.05) is 23.7 Å². The second-order valence-corrected chi connectivity index (χ2v) is 9.20. The molecule has 0 saturated carbocycles. The third-order valence-corrected chi connectivity index (χ3v) is 6.76. The van der Waals surface area contributed by atoms with Gasteiger partial charge in [-0.15, -0.1) is 0 Å². The van der Waals surface area contributed by atoms with Crippen molar-refractivity contribution in [2.75, 3.05) is 31.1 Å². The van der Waals surface area contributed by atoms with Gasteiger partial charge in [0.05, 0.1) is 24.8 Å². The summed E-state index contributed by atoms with van der Waals surface area (Å²) in [5.74, 6) is 0.312. The number of benzene rings is 1. The molecule has 8 nitrogen and oxygen atoms in total. The predicted octanol–water partition coefficient (Wildman–Crippen LogP) is 2.37. The van der Waals surface area contributed by atoms with E-state index in [0.29, 0.717) is 29.4 Å². The zero-order valence-corrected chi connectivity index (χ0v) is 19.4. The van der Waals surface area contributed by atoms with Crippen LogP contribution in [0.4, 0.5) is 5.82 Å². The molecule has 1 spiro atoms. The number of nitrogens with zero attached hydrogens (tertiary/aromatic N) is 5. The van der Waals surface area contributed by atoms with Crippen LogP contribution >= 0.6 is 11.6 Å². The van der Waals surface area contributed by atoms with Crippen LogP contribution in [0.3, 0.4) is 0 Å². The van der Waals surface area contributed by atoms with Gasteiger partial charge in [0.25, 0.3) is 5.91 Å². The summed E-state index contributed by atoms with van der Waals surface area (Å²) < 4.78 is 0. The van der Waals surface area contributed by atoms with E-state index in [0.717, 1.165) is 5.56 Å². The molecule has 9 heteroatoms. The molecule has 3 heterocycles. The molecule has 2 aliphatic rings. The largest absolute Gasteiger partial charge is 0.394 e. The van der Waals surface area contributed by atoms with Crippen LogP contribution in [-0.2, 0) is 9.59 Å². The topological polar surface area (TPSA) is 101 Å². The number of aliphatic hydroxyl groups is 1. The third-order valence-electron chi connectivity index (χ3n) is 6.51. The molecule has 0 unspecified atom stereocenters. The average molecular weight is 468 g/mol. The first-order valence-electron chi connectivity index (χ1n) is 10.9. The van der Waals surface area contributed by atoms with Crippen LogP contribution in [0, 0.1) is 11.3 Å². The zero-order chi connectivity index (χ0) is 23.8. The molecule has 33 heavy (non-hydrogen) atoms. The highest BCUT2D eigenvalue weighted by Crippen LogP contribution is 2.41. The number of rotatable bonds is 5. The summed E-state index contributed by atoms with van der Waals surface area (Å²) in [6, 6.07) is 11.7. The Hall–Kier alpha value is -3.15. The first-order chi connectivity index (χ1) is 15.8. The number of anilines is 1. The molecule has 2 aromatic rings. The van der Waals surface area contributed by atoms with Crippen molar-refractivity contribution in [3.8, 4) is 6.07 Å². The molecule has 1 N–H and O–H groups in total. The minimum atomic E-state index is -1.14. The van der Waals surface area contributed by atoms with E-state index in [-0.39, 0.29) is 37.6 Å². The van der Waals surface area contributed by atoms with Gasteiger partial charge in [-0.05, 0) is 50.1 Å². The number of aliphatic hydroxyl groups excluding tert-OH is 1. The Balaban J connectivity index is 1.75. The van der Waals surface area contributed by atoms with E-state index in [4.69, 9.17) is 16.9 Å². The van der Waals surface area contributed by atoms with Gasteiger partial charge in [-0.25, -0.2) is 4.98 Å². The SMILES string of the molecule is CC(C)N1CC(=O)N([C@@H](CO)c2ccc(Cl)cc2)[C@@]2(CCN(c3ccc(C#N)cn3)C2)C1=O. The molecule has 4 rings (SSSR count). The summed E-state index contributed by atoms with van der Waals surface area (Å²) in [6.45, 7) is 4.21. The van der Waals surface area contributed by atoms with Crippen molar-refractivity contribution in [3.05, 3.63) is 58.7 Å². The third kappa shape index (κ3) is 4.03. The van der Waals surface area contributed by atoms with Crippen LogP contribution in [0.5, 0.6) is 0 Å². The number of aromatic nitrogens is 1. The summed E-state index contributed by atoms with van der Waals surface area (Å²) in [5.41, 5.74) is 0.0324. The number of carbonyl (C=O) groups excluding carboxylic acids is 2. The van der Waals surface area contributed by atoms with E-state index < -0.39 is 11.6 Å². The fourth-order valence-electron chi connectivity index (χ4n) is 4.81. The second-order valence-electron chi connectivity index (χ2n) is 8.76. The maximum Gasteiger partial charge on any atom is 0.251 e. The first kappa shape index (κ1) is 23.0. The van der Waals surface area contributed by atoms with Crippen LogP contribution in [0.2, 0.25) is 5.02 Å². The fraction of sp³-hybridized carbons (Fsp3) is 0.417. The quantitative estimate of drug-likeness (QED) is 0.724. The van der Waals surface area contributed by atoms with E-state index in [2.05, 4.69) is 11.1 Å². The molecule has 1 aromatic carbocycles. The van der Waals surface area contributed by atoms with E-state index in [1.54, 1.807) is 46.2 Å². The van der Waals surface area contributed by atoms with Gasteiger partial charge in [0, 0.05) is 23.8 Å². The Bertz CT molecular complexity index is 1080. The number of hydrogen-bond acceptors (Lipinski definition) is 6. The lowest BCUT2D eigenvalue weighted by Crippen LogP contribution is -2.71. The Kier molecular flexibility index (Phi) is 6.28. The molecule has 0 aliphatic carbocycles. The van der Waals surface area contributed by atoms with E-state index >= 15 is 0 Å². The highest BCUT2D eigenvalue weighted by molar-refractivity contribution is 6.30. The average Bonchev–Trinajstić information content (AvgIpc) is 3.25. The molecule has 2 fully saturated rings. The Morgan fingerprint density at radius 3 is 2.52 bits per heavy atom.